The largest absolute Gasteiger partial charge is 0.494 e. The fraction of sp³-hybridized carbons (Fsp3) is 0.708. The molecule has 0 aromatic heterocycles. The van der Waals surface area contributed by atoms with Crippen molar-refractivity contribution in [1.82, 2.24) is 4.90 Å². The average molecular weight is 405 g/mol. The second kappa shape index (κ2) is 11.6. The van der Waals surface area contributed by atoms with Crippen molar-refractivity contribution in [3.05, 3.63) is 24.3 Å². The van der Waals surface area contributed by atoms with Crippen LogP contribution in [0.1, 0.15) is 60.3 Å². The molecule has 1 aliphatic heterocycles. The summed E-state index contributed by atoms with van der Waals surface area (Å²) in [6.45, 7) is 15.1. The van der Waals surface area contributed by atoms with Crippen LogP contribution in [0.2, 0.25) is 0 Å². The van der Waals surface area contributed by atoms with E-state index in [1.807, 2.05) is 38.1 Å². The first-order chi connectivity index (χ1) is 13.8. The zero-order valence-electron chi connectivity index (χ0n) is 19.0. The third-order valence-corrected chi connectivity index (χ3v) is 5.62. The molecule has 0 bridgehead atoms. The number of hydrogen-bond donors (Lipinski definition) is 1. The van der Waals surface area contributed by atoms with E-state index in [9.17, 15) is 4.79 Å². The Morgan fingerprint density at radius 2 is 1.90 bits per heavy atom. The van der Waals surface area contributed by atoms with Crippen molar-refractivity contribution in [2.45, 2.75) is 65.9 Å². The van der Waals surface area contributed by atoms with Gasteiger partial charge in [0.1, 0.15) is 11.4 Å². The van der Waals surface area contributed by atoms with E-state index in [1.54, 1.807) is 0 Å². The number of likely N-dealkylation sites (tertiary alicyclic amines) is 1. The number of piperidine rings is 1. The molecular weight excluding hydrogens is 364 g/mol. The molecule has 1 atom stereocenters. The molecule has 5 nitrogen and oxygen atoms in total. The standard InChI is InChI=1S/C24H40N2O3/c1-6-29-24(5,18-19(2)3)23(27)25-21-8-10-22(11-9-21)28-17-7-14-26-15-12-20(4)13-16-26/h8-11,19-20H,6-7,12-18H2,1-5H3,(H,25,27)/t24-/m1/s1. The summed E-state index contributed by atoms with van der Waals surface area (Å²) >= 11 is 0. The van der Waals surface area contributed by atoms with Gasteiger partial charge in [0.15, 0.2) is 0 Å². The summed E-state index contributed by atoms with van der Waals surface area (Å²) < 4.78 is 11.7. The molecule has 2 rings (SSSR count). The summed E-state index contributed by atoms with van der Waals surface area (Å²) in [4.78, 5) is 15.3. The molecule has 1 amide bonds. The van der Waals surface area contributed by atoms with E-state index in [1.165, 1.54) is 25.9 Å². The predicted octanol–water partition coefficient (Wildman–Crippen LogP) is 4.97. The molecule has 164 valence electrons. The highest BCUT2D eigenvalue weighted by molar-refractivity contribution is 5.97. The second-order valence-electron chi connectivity index (χ2n) is 8.97. The van der Waals surface area contributed by atoms with Crippen LogP contribution < -0.4 is 10.1 Å². The molecule has 1 heterocycles. The smallest absolute Gasteiger partial charge is 0.256 e. The van der Waals surface area contributed by atoms with Gasteiger partial charge in [-0.25, -0.2) is 0 Å². The highest BCUT2D eigenvalue weighted by Gasteiger charge is 2.34. The van der Waals surface area contributed by atoms with E-state index < -0.39 is 5.60 Å². The Kier molecular flexibility index (Phi) is 9.44. The minimum absolute atomic E-state index is 0.0995. The normalized spacial score (nSPS) is 17.9. The zero-order valence-corrected chi connectivity index (χ0v) is 19.0. The van der Waals surface area contributed by atoms with Crippen molar-refractivity contribution in [3.8, 4) is 5.75 Å². The van der Waals surface area contributed by atoms with Gasteiger partial charge in [-0.15, -0.1) is 0 Å². The first kappa shape index (κ1) is 23.7. The maximum Gasteiger partial charge on any atom is 0.256 e. The van der Waals surface area contributed by atoms with Crippen LogP contribution in [0, 0.1) is 11.8 Å². The van der Waals surface area contributed by atoms with Gasteiger partial charge in [-0.3, -0.25) is 4.79 Å². The number of amides is 1. The molecule has 1 saturated heterocycles. The lowest BCUT2D eigenvalue weighted by molar-refractivity contribution is -0.140. The molecule has 5 heteroatoms. The fourth-order valence-corrected chi connectivity index (χ4v) is 3.98. The first-order valence-corrected chi connectivity index (χ1v) is 11.2. The van der Waals surface area contributed by atoms with E-state index in [0.717, 1.165) is 30.3 Å². The molecule has 1 aromatic rings. The van der Waals surface area contributed by atoms with Crippen molar-refractivity contribution >= 4 is 11.6 Å². The summed E-state index contributed by atoms with van der Waals surface area (Å²) in [5, 5.41) is 2.99. The Morgan fingerprint density at radius 1 is 1.24 bits per heavy atom. The van der Waals surface area contributed by atoms with Crippen molar-refractivity contribution in [2.24, 2.45) is 11.8 Å². The zero-order chi connectivity index (χ0) is 21.3. The summed E-state index contributed by atoms with van der Waals surface area (Å²) in [6, 6.07) is 7.61. The van der Waals surface area contributed by atoms with Gasteiger partial charge in [-0.05, 0) is 88.7 Å². The maximum atomic E-state index is 12.8. The van der Waals surface area contributed by atoms with Crippen molar-refractivity contribution in [3.63, 3.8) is 0 Å². The topological polar surface area (TPSA) is 50.8 Å². The van der Waals surface area contributed by atoms with Crippen LogP contribution in [0.3, 0.4) is 0 Å². The lowest BCUT2D eigenvalue weighted by Crippen LogP contribution is -2.43. The highest BCUT2D eigenvalue weighted by Crippen LogP contribution is 2.24. The number of rotatable bonds is 11. The van der Waals surface area contributed by atoms with E-state index in [-0.39, 0.29) is 5.91 Å². The van der Waals surface area contributed by atoms with Crippen LogP contribution in [-0.4, -0.2) is 49.3 Å². The van der Waals surface area contributed by atoms with Gasteiger partial charge >= 0.3 is 0 Å². The third-order valence-electron chi connectivity index (χ3n) is 5.62. The van der Waals surface area contributed by atoms with Crippen molar-refractivity contribution in [2.75, 3.05) is 38.2 Å². The number of carbonyl (C=O) groups is 1. The average Bonchev–Trinajstić information content (AvgIpc) is 2.67. The molecular formula is C24H40N2O3. The molecule has 0 aliphatic carbocycles. The summed E-state index contributed by atoms with van der Waals surface area (Å²) in [5.41, 5.74) is -0.0517. The molecule has 29 heavy (non-hydrogen) atoms. The first-order valence-electron chi connectivity index (χ1n) is 11.2. The minimum Gasteiger partial charge on any atom is -0.494 e. The number of benzene rings is 1. The molecule has 1 N–H and O–H groups in total. The number of anilines is 1. The van der Waals surface area contributed by atoms with E-state index in [4.69, 9.17) is 9.47 Å². The van der Waals surface area contributed by atoms with Gasteiger partial charge in [-0.1, -0.05) is 20.8 Å². The van der Waals surface area contributed by atoms with Crippen LogP contribution in [0.5, 0.6) is 5.75 Å². The minimum atomic E-state index is -0.815. The molecule has 0 saturated carbocycles. The van der Waals surface area contributed by atoms with E-state index >= 15 is 0 Å². The number of ether oxygens (including phenoxy) is 2. The predicted molar refractivity (Wildman–Crippen MR) is 120 cm³/mol. The van der Waals surface area contributed by atoms with Crippen LogP contribution in [0.25, 0.3) is 0 Å². The second-order valence-corrected chi connectivity index (χ2v) is 8.97. The van der Waals surface area contributed by atoms with Gasteiger partial charge in [-0.2, -0.15) is 0 Å². The Labute approximate surface area is 177 Å². The molecule has 1 aromatic carbocycles. The third kappa shape index (κ3) is 7.98. The van der Waals surface area contributed by atoms with E-state index in [0.29, 0.717) is 25.6 Å². The van der Waals surface area contributed by atoms with Crippen LogP contribution in [0.4, 0.5) is 5.69 Å². The lowest BCUT2D eigenvalue weighted by Gasteiger charge is -2.30. The summed E-state index contributed by atoms with van der Waals surface area (Å²) in [5.74, 6) is 1.99. The van der Waals surface area contributed by atoms with Gasteiger partial charge in [0.25, 0.3) is 5.91 Å². The van der Waals surface area contributed by atoms with Crippen LogP contribution in [0.15, 0.2) is 24.3 Å². The Balaban J connectivity index is 1.76. The highest BCUT2D eigenvalue weighted by atomic mass is 16.5. The van der Waals surface area contributed by atoms with Crippen LogP contribution >= 0.6 is 0 Å². The van der Waals surface area contributed by atoms with Crippen molar-refractivity contribution < 1.29 is 14.3 Å². The number of hydrogen-bond acceptors (Lipinski definition) is 4. The van der Waals surface area contributed by atoms with Gasteiger partial charge in [0.2, 0.25) is 0 Å². The van der Waals surface area contributed by atoms with Gasteiger partial charge < -0.3 is 19.7 Å². The quantitative estimate of drug-likeness (QED) is 0.529. The van der Waals surface area contributed by atoms with Gasteiger partial charge in [0.05, 0.1) is 6.61 Å². The number of nitrogens with one attached hydrogen (secondary N) is 1. The molecule has 0 unspecified atom stereocenters. The molecule has 0 radical (unpaired) electrons. The SMILES string of the molecule is CCO[C@](C)(CC(C)C)C(=O)Nc1ccc(OCCCN2CCC(C)CC2)cc1. The van der Waals surface area contributed by atoms with E-state index in [2.05, 4.69) is 31.0 Å². The van der Waals surface area contributed by atoms with Crippen molar-refractivity contribution in [1.29, 1.82) is 0 Å². The summed E-state index contributed by atoms with van der Waals surface area (Å²) in [6.07, 6.45) is 4.35. The number of nitrogens with zero attached hydrogens (tertiary/aromatic N) is 1. The Hall–Kier alpha value is -1.59. The fourth-order valence-electron chi connectivity index (χ4n) is 3.98. The molecule has 0 spiro atoms. The Morgan fingerprint density at radius 3 is 2.48 bits per heavy atom. The molecule has 1 aliphatic rings. The van der Waals surface area contributed by atoms with Gasteiger partial charge in [0, 0.05) is 18.8 Å². The van der Waals surface area contributed by atoms with Crippen LogP contribution in [-0.2, 0) is 9.53 Å². The maximum absolute atomic E-state index is 12.8. The lowest BCUT2D eigenvalue weighted by atomic mass is 9.93. The number of carbonyl (C=O) groups excluding carboxylic acids is 1. The monoisotopic (exact) mass is 404 g/mol. The molecule has 1 fully saturated rings. The Bertz CT molecular complexity index is 609. The summed E-state index contributed by atoms with van der Waals surface area (Å²) in [7, 11) is 0.